The lowest BCUT2D eigenvalue weighted by Crippen LogP contribution is -2.07. The fourth-order valence-corrected chi connectivity index (χ4v) is 2.94. The maximum Gasteiger partial charge on any atom is 0.335 e. The van der Waals surface area contributed by atoms with Gasteiger partial charge in [0.2, 0.25) is 0 Å². The van der Waals surface area contributed by atoms with E-state index in [1.807, 2.05) is 18.2 Å². The van der Waals surface area contributed by atoms with Gasteiger partial charge in [-0.25, -0.2) is 9.64 Å². The van der Waals surface area contributed by atoms with E-state index in [1.54, 1.807) is 24.3 Å². The first kappa shape index (κ1) is 14.1. The number of rotatable bonds is 2. The van der Waals surface area contributed by atoms with Crippen LogP contribution in [0.15, 0.2) is 48.0 Å². The number of aryl methyl sites for hydroxylation is 1. The second-order valence-corrected chi connectivity index (χ2v) is 5.49. The van der Waals surface area contributed by atoms with Crippen LogP contribution in [0, 0.1) is 6.57 Å². The molecule has 0 aromatic heterocycles. The Balaban J connectivity index is 2.16. The zero-order valence-electron chi connectivity index (χ0n) is 12.3. The molecule has 22 heavy (non-hydrogen) atoms. The highest BCUT2D eigenvalue weighted by atomic mass is 16.4. The molecule has 1 N–H and O–H groups in total. The van der Waals surface area contributed by atoms with Crippen molar-refractivity contribution in [3.8, 4) is 0 Å². The number of fused-ring (bicyclic) bond motifs is 1. The summed E-state index contributed by atoms with van der Waals surface area (Å²) in [5.41, 5.74) is 6.49. The van der Waals surface area contributed by atoms with E-state index in [1.165, 1.54) is 11.1 Å². The molecule has 0 unspecified atom stereocenters. The number of carboxylic acid groups (broad SMARTS) is 1. The van der Waals surface area contributed by atoms with Crippen LogP contribution >= 0.6 is 0 Å². The first-order valence-corrected chi connectivity index (χ1v) is 7.14. The third kappa shape index (κ3) is 2.40. The van der Waals surface area contributed by atoms with Crippen molar-refractivity contribution in [3.63, 3.8) is 0 Å². The second-order valence-electron chi connectivity index (χ2n) is 5.49. The molecular weight excluding hydrogens is 274 g/mol. The van der Waals surface area contributed by atoms with Crippen molar-refractivity contribution in [3.05, 3.63) is 81.7 Å². The zero-order chi connectivity index (χ0) is 15.7. The molecule has 0 atom stereocenters. The molecule has 0 aliphatic heterocycles. The largest absolute Gasteiger partial charge is 0.478 e. The van der Waals surface area contributed by atoms with Gasteiger partial charge in [0.05, 0.1) is 12.1 Å². The van der Waals surface area contributed by atoms with E-state index in [4.69, 9.17) is 6.57 Å². The van der Waals surface area contributed by atoms with Crippen LogP contribution in [-0.4, -0.2) is 11.1 Å². The molecule has 0 spiro atoms. The molecule has 108 valence electrons. The molecule has 0 fully saturated rings. The molecule has 0 amide bonds. The molecule has 0 bridgehead atoms. The Morgan fingerprint density at radius 1 is 1.14 bits per heavy atom. The summed E-state index contributed by atoms with van der Waals surface area (Å²) in [6.07, 6.45) is 1.91. The van der Waals surface area contributed by atoms with Gasteiger partial charge in [-0.3, -0.25) is 0 Å². The Kier molecular flexibility index (Phi) is 3.52. The van der Waals surface area contributed by atoms with E-state index in [9.17, 15) is 9.90 Å². The molecule has 1 aliphatic rings. The summed E-state index contributed by atoms with van der Waals surface area (Å²) in [7, 11) is 0. The molecule has 0 saturated carbocycles. The summed E-state index contributed by atoms with van der Waals surface area (Å²) in [4.78, 5) is 14.7. The minimum atomic E-state index is -0.909. The Labute approximate surface area is 129 Å². The van der Waals surface area contributed by atoms with Crippen LogP contribution < -0.4 is 0 Å². The number of hydrogen-bond acceptors (Lipinski definition) is 1. The summed E-state index contributed by atoms with van der Waals surface area (Å²) in [5.74, 6) is -0.909. The average molecular weight is 289 g/mol. The highest BCUT2D eigenvalue weighted by molar-refractivity contribution is 5.92. The summed E-state index contributed by atoms with van der Waals surface area (Å²) in [5, 5.41) is 9.23. The molecule has 2 aromatic carbocycles. The van der Waals surface area contributed by atoms with Gasteiger partial charge in [-0.05, 0) is 54.2 Å². The Morgan fingerprint density at radius 2 is 1.86 bits per heavy atom. The number of nitrogens with zero attached hydrogens (tertiary/aromatic N) is 1. The minimum absolute atomic E-state index is 0.309. The van der Waals surface area contributed by atoms with Gasteiger partial charge in [-0.2, -0.15) is 0 Å². The number of aromatic carboxylic acids is 1. The topological polar surface area (TPSA) is 41.7 Å². The molecule has 0 saturated heterocycles. The maximum absolute atomic E-state index is 11.2. The molecular formula is C19H15NO2. The van der Waals surface area contributed by atoms with Gasteiger partial charge < -0.3 is 5.11 Å². The van der Waals surface area contributed by atoms with Gasteiger partial charge in [0, 0.05) is 0 Å². The standard InChI is InChI=1S/C19H15NO2/c1-12-3-4-13-5-6-15(19(21)22)11-17(13)18(12)14-7-9-16(20-2)10-8-14/h5-11H,3-4H2,1H3,(H,21,22). The lowest BCUT2D eigenvalue weighted by atomic mass is 9.82. The first-order valence-electron chi connectivity index (χ1n) is 7.14. The second kappa shape index (κ2) is 5.50. The maximum atomic E-state index is 11.2. The van der Waals surface area contributed by atoms with E-state index < -0.39 is 5.97 Å². The Morgan fingerprint density at radius 3 is 2.50 bits per heavy atom. The first-order chi connectivity index (χ1) is 10.6. The number of carboxylic acids is 1. The zero-order valence-corrected chi connectivity index (χ0v) is 12.3. The normalized spacial score (nSPS) is 13.5. The third-order valence-electron chi connectivity index (χ3n) is 4.11. The van der Waals surface area contributed by atoms with Crippen molar-refractivity contribution in [2.75, 3.05) is 0 Å². The van der Waals surface area contributed by atoms with Gasteiger partial charge in [-0.1, -0.05) is 35.9 Å². The number of allylic oxidation sites excluding steroid dienone is 1. The third-order valence-corrected chi connectivity index (χ3v) is 4.11. The molecule has 3 nitrogen and oxygen atoms in total. The predicted molar refractivity (Wildman–Crippen MR) is 86.1 cm³/mol. The van der Waals surface area contributed by atoms with E-state index in [2.05, 4.69) is 11.8 Å². The van der Waals surface area contributed by atoms with Crippen molar-refractivity contribution in [1.82, 2.24) is 0 Å². The van der Waals surface area contributed by atoms with Crippen LogP contribution in [0.4, 0.5) is 5.69 Å². The average Bonchev–Trinajstić information content (AvgIpc) is 2.54. The van der Waals surface area contributed by atoms with Crippen LogP contribution in [-0.2, 0) is 6.42 Å². The number of carbonyl (C=O) groups is 1. The number of hydrogen-bond donors (Lipinski definition) is 1. The SMILES string of the molecule is [C-]#[N+]c1ccc(C2=C(C)CCc3ccc(C(=O)O)cc32)cc1. The van der Waals surface area contributed by atoms with E-state index in [0.29, 0.717) is 11.3 Å². The highest BCUT2D eigenvalue weighted by Crippen LogP contribution is 2.37. The summed E-state index contributed by atoms with van der Waals surface area (Å²) >= 11 is 0. The van der Waals surface area contributed by atoms with Crippen molar-refractivity contribution in [2.24, 2.45) is 0 Å². The van der Waals surface area contributed by atoms with Crippen molar-refractivity contribution >= 4 is 17.2 Å². The van der Waals surface area contributed by atoms with Crippen LogP contribution in [0.2, 0.25) is 0 Å². The van der Waals surface area contributed by atoms with Crippen molar-refractivity contribution < 1.29 is 9.90 Å². The van der Waals surface area contributed by atoms with Crippen LogP contribution in [0.1, 0.15) is 40.4 Å². The fraction of sp³-hybridized carbons (Fsp3) is 0.158. The highest BCUT2D eigenvalue weighted by Gasteiger charge is 2.19. The monoisotopic (exact) mass is 289 g/mol. The van der Waals surface area contributed by atoms with E-state index >= 15 is 0 Å². The van der Waals surface area contributed by atoms with Gasteiger partial charge in [0.25, 0.3) is 0 Å². The van der Waals surface area contributed by atoms with Crippen molar-refractivity contribution in [1.29, 1.82) is 0 Å². The smallest absolute Gasteiger partial charge is 0.335 e. The quantitative estimate of drug-likeness (QED) is 0.814. The molecule has 2 aromatic rings. The van der Waals surface area contributed by atoms with Gasteiger partial charge in [0.15, 0.2) is 5.69 Å². The van der Waals surface area contributed by atoms with E-state index in [-0.39, 0.29) is 0 Å². The Hall–Kier alpha value is -2.86. The van der Waals surface area contributed by atoms with Crippen LogP contribution in [0.3, 0.4) is 0 Å². The van der Waals surface area contributed by atoms with E-state index in [0.717, 1.165) is 29.5 Å². The van der Waals surface area contributed by atoms with Gasteiger partial charge >= 0.3 is 5.97 Å². The minimum Gasteiger partial charge on any atom is -0.478 e. The van der Waals surface area contributed by atoms with Crippen LogP contribution in [0.5, 0.6) is 0 Å². The molecule has 0 radical (unpaired) electrons. The fourth-order valence-electron chi connectivity index (χ4n) is 2.94. The van der Waals surface area contributed by atoms with Gasteiger partial charge in [-0.15, -0.1) is 0 Å². The lowest BCUT2D eigenvalue weighted by Gasteiger charge is -2.22. The van der Waals surface area contributed by atoms with Crippen molar-refractivity contribution in [2.45, 2.75) is 19.8 Å². The molecule has 3 rings (SSSR count). The number of benzene rings is 2. The Bertz CT molecular complexity index is 824. The molecule has 0 heterocycles. The summed E-state index contributed by atoms with van der Waals surface area (Å²) in [6.45, 7) is 9.13. The summed E-state index contributed by atoms with van der Waals surface area (Å²) < 4.78 is 0. The molecule has 1 aliphatic carbocycles. The lowest BCUT2D eigenvalue weighted by molar-refractivity contribution is 0.0697. The van der Waals surface area contributed by atoms with Gasteiger partial charge in [0.1, 0.15) is 0 Å². The molecule has 3 heteroatoms. The van der Waals surface area contributed by atoms with Crippen LogP contribution in [0.25, 0.3) is 10.4 Å². The predicted octanol–water partition coefficient (Wildman–Crippen LogP) is 4.70. The summed E-state index contributed by atoms with van der Waals surface area (Å²) in [6, 6.07) is 12.8.